The molecule has 2 nitrogen and oxygen atoms in total. The van der Waals surface area contributed by atoms with Crippen molar-refractivity contribution < 1.29 is 4.74 Å². The molecule has 1 aliphatic heterocycles. The Morgan fingerprint density at radius 1 is 1.40 bits per heavy atom. The molecule has 2 atom stereocenters. The van der Waals surface area contributed by atoms with Crippen molar-refractivity contribution >= 4 is 0 Å². The Balaban J connectivity index is 2.00. The van der Waals surface area contributed by atoms with Crippen molar-refractivity contribution in [1.82, 2.24) is 5.32 Å². The van der Waals surface area contributed by atoms with Crippen molar-refractivity contribution in [2.24, 2.45) is 11.3 Å². The van der Waals surface area contributed by atoms with Crippen molar-refractivity contribution in [3.63, 3.8) is 0 Å². The summed E-state index contributed by atoms with van der Waals surface area (Å²) in [6, 6.07) is 0. The van der Waals surface area contributed by atoms with E-state index in [-0.39, 0.29) is 0 Å². The third-order valence-electron chi connectivity index (χ3n) is 4.11. The summed E-state index contributed by atoms with van der Waals surface area (Å²) < 4.78 is 6.00. The third kappa shape index (κ3) is 2.36. The van der Waals surface area contributed by atoms with Gasteiger partial charge in [0.05, 0.1) is 6.10 Å². The molecule has 15 heavy (non-hydrogen) atoms. The standard InChI is InChI=1S/C13H25NO/c1-3-4-7-13(10-14-2)8-9-15-12(13)11-5-6-11/h11-12,14H,3-10H2,1-2H3. The van der Waals surface area contributed by atoms with Crippen LogP contribution in [0.25, 0.3) is 0 Å². The van der Waals surface area contributed by atoms with E-state index in [1.807, 2.05) is 0 Å². The van der Waals surface area contributed by atoms with E-state index in [9.17, 15) is 0 Å². The maximum absolute atomic E-state index is 6.00. The van der Waals surface area contributed by atoms with Crippen LogP contribution in [-0.2, 0) is 4.74 Å². The Hall–Kier alpha value is -0.0800. The maximum atomic E-state index is 6.00. The SMILES string of the molecule is CCCCC1(CNC)CCOC1C1CC1. The summed E-state index contributed by atoms with van der Waals surface area (Å²) in [5, 5.41) is 3.39. The lowest BCUT2D eigenvalue weighted by Gasteiger charge is -2.34. The summed E-state index contributed by atoms with van der Waals surface area (Å²) in [5.41, 5.74) is 0.464. The fraction of sp³-hybridized carbons (Fsp3) is 1.00. The summed E-state index contributed by atoms with van der Waals surface area (Å²) in [4.78, 5) is 0. The zero-order chi connectivity index (χ0) is 10.7. The Bertz CT molecular complexity index is 203. The average Bonchev–Trinajstić information content (AvgIpc) is 2.99. The van der Waals surface area contributed by atoms with Crippen LogP contribution in [0.4, 0.5) is 0 Å². The van der Waals surface area contributed by atoms with Gasteiger partial charge in [-0.05, 0) is 38.6 Å². The first kappa shape index (κ1) is 11.4. The molecule has 0 amide bonds. The second-order valence-electron chi connectivity index (χ2n) is 5.38. The highest BCUT2D eigenvalue weighted by Crippen LogP contribution is 2.49. The van der Waals surface area contributed by atoms with Crippen molar-refractivity contribution in [2.75, 3.05) is 20.2 Å². The van der Waals surface area contributed by atoms with Crippen LogP contribution in [-0.4, -0.2) is 26.3 Å². The van der Waals surface area contributed by atoms with Crippen LogP contribution in [0.2, 0.25) is 0 Å². The normalized spacial score (nSPS) is 36.0. The number of hydrogen-bond donors (Lipinski definition) is 1. The lowest BCUT2D eigenvalue weighted by molar-refractivity contribution is 0.0264. The molecule has 0 aromatic carbocycles. The smallest absolute Gasteiger partial charge is 0.0672 e. The maximum Gasteiger partial charge on any atom is 0.0672 e. The summed E-state index contributed by atoms with van der Waals surface area (Å²) >= 11 is 0. The first-order valence-corrected chi connectivity index (χ1v) is 6.58. The van der Waals surface area contributed by atoms with E-state index < -0.39 is 0 Å². The molecule has 1 N–H and O–H groups in total. The predicted octanol–water partition coefficient (Wildman–Crippen LogP) is 2.58. The van der Waals surface area contributed by atoms with Gasteiger partial charge in [-0.3, -0.25) is 0 Å². The van der Waals surface area contributed by atoms with E-state index >= 15 is 0 Å². The second kappa shape index (κ2) is 4.84. The number of ether oxygens (including phenoxy) is 1. The highest BCUT2D eigenvalue weighted by Gasteiger charge is 2.49. The molecule has 0 spiro atoms. The molecule has 1 heterocycles. The first-order chi connectivity index (χ1) is 7.32. The fourth-order valence-corrected chi connectivity index (χ4v) is 3.17. The van der Waals surface area contributed by atoms with Gasteiger partial charge >= 0.3 is 0 Å². The van der Waals surface area contributed by atoms with E-state index in [0.29, 0.717) is 11.5 Å². The Morgan fingerprint density at radius 3 is 2.80 bits per heavy atom. The molecular weight excluding hydrogens is 186 g/mol. The lowest BCUT2D eigenvalue weighted by Crippen LogP contribution is -2.40. The molecule has 2 fully saturated rings. The second-order valence-corrected chi connectivity index (χ2v) is 5.38. The average molecular weight is 211 g/mol. The molecule has 88 valence electrons. The molecule has 2 unspecified atom stereocenters. The van der Waals surface area contributed by atoms with Crippen molar-refractivity contribution in [1.29, 1.82) is 0 Å². The molecular formula is C13H25NO. The minimum Gasteiger partial charge on any atom is -0.377 e. The summed E-state index contributed by atoms with van der Waals surface area (Å²) in [6.07, 6.45) is 8.67. The Kier molecular flexibility index (Phi) is 3.68. The van der Waals surface area contributed by atoms with Crippen molar-refractivity contribution in [3.8, 4) is 0 Å². The number of nitrogens with one attached hydrogen (secondary N) is 1. The van der Waals surface area contributed by atoms with Crippen LogP contribution in [0.1, 0.15) is 45.4 Å². The van der Waals surface area contributed by atoms with Gasteiger partial charge in [0.15, 0.2) is 0 Å². The predicted molar refractivity (Wildman–Crippen MR) is 63.0 cm³/mol. The first-order valence-electron chi connectivity index (χ1n) is 6.58. The summed E-state index contributed by atoms with van der Waals surface area (Å²) in [7, 11) is 2.08. The number of unbranched alkanes of at least 4 members (excludes halogenated alkanes) is 1. The molecule has 1 saturated heterocycles. The van der Waals surface area contributed by atoms with Crippen LogP contribution in [0.15, 0.2) is 0 Å². The van der Waals surface area contributed by atoms with Gasteiger partial charge in [0.1, 0.15) is 0 Å². The van der Waals surface area contributed by atoms with Gasteiger partial charge in [0, 0.05) is 18.6 Å². The van der Waals surface area contributed by atoms with Crippen LogP contribution in [0, 0.1) is 11.3 Å². The molecule has 0 aromatic heterocycles. The molecule has 0 radical (unpaired) electrons. The Morgan fingerprint density at radius 2 is 2.20 bits per heavy atom. The van der Waals surface area contributed by atoms with Gasteiger partial charge in [-0.25, -0.2) is 0 Å². The topological polar surface area (TPSA) is 21.3 Å². The Labute approximate surface area is 93.8 Å². The van der Waals surface area contributed by atoms with Crippen LogP contribution >= 0.6 is 0 Å². The van der Waals surface area contributed by atoms with E-state index in [2.05, 4.69) is 19.3 Å². The number of rotatable bonds is 6. The molecule has 1 saturated carbocycles. The molecule has 2 aliphatic rings. The molecule has 0 bridgehead atoms. The van der Waals surface area contributed by atoms with Gasteiger partial charge in [0.2, 0.25) is 0 Å². The molecule has 2 rings (SSSR count). The molecule has 2 heteroatoms. The monoisotopic (exact) mass is 211 g/mol. The van der Waals surface area contributed by atoms with E-state index in [0.717, 1.165) is 19.1 Å². The van der Waals surface area contributed by atoms with Gasteiger partial charge in [-0.15, -0.1) is 0 Å². The lowest BCUT2D eigenvalue weighted by atomic mass is 9.75. The highest BCUT2D eigenvalue weighted by molar-refractivity contribution is 5.00. The minimum absolute atomic E-state index is 0.464. The highest BCUT2D eigenvalue weighted by atomic mass is 16.5. The minimum atomic E-state index is 0.464. The van der Waals surface area contributed by atoms with Crippen molar-refractivity contribution in [3.05, 3.63) is 0 Å². The van der Waals surface area contributed by atoms with Crippen LogP contribution < -0.4 is 5.32 Å². The largest absolute Gasteiger partial charge is 0.377 e. The summed E-state index contributed by atoms with van der Waals surface area (Å²) in [5.74, 6) is 0.887. The fourth-order valence-electron chi connectivity index (χ4n) is 3.17. The third-order valence-corrected chi connectivity index (χ3v) is 4.11. The zero-order valence-corrected chi connectivity index (χ0v) is 10.2. The molecule has 0 aromatic rings. The van der Waals surface area contributed by atoms with Gasteiger partial charge in [-0.1, -0.05) is 19.8 Å². The van der Waals surface area contributed by atoms with Gasteiger partial charge in [-0.2, -0.15) is 0 Å². The van der Waals surface area contributed by atoms with Gasteiger partial charge in [0.25, 0.3) is 0 Å². The van der Waals surface area contributed by atoms with E-state index in [1.165, 1.54) is 38.5 Å². The van der Waals surface area contributed by atoms with E-state index in [1.54, 1.807) is 0 Å². The number of hydrogen-bond acceptors (Lipinski definition) is 2. The van der Waals surface area contributed by atoms with Crippen LogP contribution in [0.3, 0.4) is 0 Å². The summed E-state index contributed by atoms with van der Waals surface area (Å²) in [6.45, 7) is 4.43. The molecule has 1 aliphatic carbocycles. The quantitative estimate of drug-likeness (QED) is 0.729. The van der Waals surface area contributed by atoms with Crippen molar-refractivity contribution in [2.45, 2.75) is 51.6 Å². The van der Waals surface area contributed by atoms with Gasteiger partial charge < -0.3 is 10.1 Å². The van der Waals surface area contributed by atoms with E-state index in [4.69, 9.17) is 4.74 Å². The zero-order valence-electron chi connectivity index (χ0n) is 10.2. The van der Waals surface area contributed by atoms with Crippen LogP contribution in [0.5, 0.6) is 0 Å².